The topological polar surface area (TPSA) is 75.4 Å². The van der Waals surface area contributed by atoms with Gasteiger partial charge in [0.1, 0.15) is 0 Å². The van der Waals surface area contributed by atoms with Gasteiger partial charge in [-0.3, -0.25) is 4.79 Å². The molecule has 4 heteroatoms. The first kappa shape index (κ1) is 12.9. The van der Waals surface area contributed by atoms with Crippen molar-refractivity contribution in [3.8, 4) is 0 Å². The van der Waals surface area contributed by atoms with Crippen LogP contribution in [0.1, 0.15) is 35.2 Å². The molecule has 98 valence electrons. The Morgan fingerprint density at radius 3 is 2.78 bits per heavy atom. The lowest BCUT2D eigenvalue weighted by Gasteiger charge is -2.15. The smallest absolute Gasteiger partial charge is 0.251 e. The second kappa shape index (κ2) is 4.98. The number of nitrogens with two attached hydrogens (primary N) is 1. The average Bonchev–Trinajstić information content (AvgIpc) is 3.07. The summed E-state index contributed by atoms with van der Waals surface area (Å²) >= 11 is 0. The van der Waals surface area contributed by atoms with Crippen LogP contribution in [0.3, 0.4) is 0 Å². The number of aliphatic hydroxyl groups excluding tert-OH is 1. The number of benzene rings is 1. The first-order valence-corrected chi connectivity index (χ1v) is 6.31. The number of carbonyl (C=O) groups is 1. The third-order valence-corrected chi connectivity index (χ3v) is 3.72. The highest BCUT2D eigenvalue weighted by Crippen LogP contribution is 2.47. The monoisotopic (exact) mass is 248 g/mol. The van der Waals surface area contributed by atoms with Crippen LogP contribution in [0.2, 0.25) is 0 Å². The molecule has 0 unspecified atom stereocenters. The van der Waals surface area contributed by atoms with Crippen molar-refractivity contribution in [2.45, 2.75) is 26.2 Å². The molecule has 2 rings (SSSR count). The Labute approximate surface area is 107 Å². The molecule has 0 bridgehead atoms. The van der Waals surface area contributed by atoms with E-state index >= 15 is 0 Å². The van der Waals surface area contributed by atoms with Gasteiger partial charge in [-0.1, -0.05) is 0 Å². The number of anilines is 1. The second-order valence-electron chi connectivity index (χ2n) is 5.23. The predicted molar refractivity (Wildman–Crippen MR) is 71.3 cm³/mol. The largest absolute Gasteiger partial charge is 0.399 e. The molecule has 0 aliphatic heterocycles. The van der Waals surface area contributed by atoms with Crippen molar-refractivity contribution in [2.24, 2.45) is 5.41 Å². The minimum Gasteiger partial charge on any atom is -0.399 e. The van der Waals surface area contributed by atoms with E-state index in [4.69, 9.17) is 10.8 Å². The van der Waals surface area contributed by atoms with E-state index in [9.17, 15) is 4.79 Å². The maximum absolute atomic E-state index is 12.0. The Kier molecular flexibility index (Phi) is 3.57. The van der Waals surface area contributed by atoms with Gasteiger partial charge in [-0.2, -0.15) is 0 Å². The highest BCUT2D eigenvalue weighted by atomic mass is 16.3. The number of nitrogen functional groups attached to an aromatic ring is 1. The number of carbonyl (C=O) groups excluding carboxylic acids is 1. The number of rotatable bonds is 5. The van der Waals surface area contributed by atoms with Crippen LogP contribution in [0.15, 0.2) is 18.2 Å². The molecule has 1 amide bonds. The van der Waals surface area contributed by atoms with E-state index in [-0.39, 0.29) is 17.9 Å². The van der Waals surface area contributed by atoms with Crippen molar-refractivity contribution in [1.29, 1.82) is 0 Å². The molecular formula is C14H20N2O2. The van der Waals surface area contributed by atoms with Crippen LogP contribution in [-0.2, 0) is 0 Å². The fourth-order valence-corrected chi connectivity index (χ4v) is 2.23. The lowest BCUT2D eigenvalue weighted by atomic mass is 10.0. The van der Waals surface area contributed by atoms with Gasteiger partial charge in [-0.15, -0.1) is 0 Å². The lowest BCUT2D eigenvalue weighted by Crippen LogP contribution is -2.31. The van der Waals surface area contributed by atoms with Crippen molar-refractivity contribution in [3.63, 3.8) is 0 Å². The van der Waals surface area contributed by atoms with Crippen LogP contribution in [0.5, 0.6) is 0 Å². The summed E-state index contributed by atoms with van der Waals surface area (Å²) in [5.41, 5.74) is 8.03. The summed E-state index contributed by atoms with van der Waals surface area (Å²) in [7, 11) is 0. The first-order chi connectivity index (χ1) is 8.56. The highest BCUT2D eigenvalue weighted by Gasteiger charge is 2.41. The Balaban J connectivity index is 1.96. The van der Waals surface area contributed by atoms with Gasteiger partial charge in [-0.25, -0.2) is 0 Å². The molecule has 1 fully saturated rings. The quantitative estimate of drug-likeness (QED) is 0.691. The molecule has 0 radical (unpaired) electrons. The van der Waals surface area contributed by atoms with Crippen molar-refractivity contribution in [2.75, 3.05) is 18.9 Å². The summed E-state index contributed by atoms with van der Waals surface area (Å²) in [5.74, 6) is -0.0586. The lowest BCUT2D eigenvalue weighted by molar-refractivity contribution is 0.0940. The number of hydrogen-bond donors (Lipinski definition) is 3. The van der Waals surface area contributed by atoms with Gasteiger partial charge < -0.3 is 16.2 Å². The third-order valence-electron chi connectivity index (χ3n) is 3.72. The van der Waals surface area contributed by atoms with E-state index in [0.717, 1.165) is 24.8 Å². The fourth-order valence-electron chi connectivity index (χ4n) is 2.23. The molecule has 0 saturated heterocycles. The van der Waals surface area contributed by atoms with Crippen molar-refractivity contribution in [3.05, 3.63) is 29.3 Å². The maximum atomic E-state index is 12.0. The van der Waals surface area contributed by atoms with Crippen molar-refractivity contribution < 1.29 is 9.90 Å². The molecular weight excluding hydrogens is 228 g/mol. The van der Waals surface area contributed by atoms with Crippen LogP contribution >= 0.6 is 0 Å². The SMILES string of the molecule is Cc1cc(N)ccc1C(=O)NCC1(CCO)CC1. The highest BCUT2D eigenvalue weighted by molar-refractivity contribution is 5.96. The van der Waals surface area contributed by atoms with E-state index in [2.05, 4.69) is 5.32 Å². The normalized spacial score (nSPS) is 16.3. The van der Waals surface area contributed by atoms with E-state index in [1.165, 1.54) is 0 Å². The van der Waals surface area contributed by atoms with Crippen LogP contribution in [-0.4, -0.2) is 24.2 Å². The average molecular weight is 248 g/mol. The van der Waals surface area contributed by atoms with Gasteiger partial charge in [0.05, 0.1) is 0 Å². The van der Waals surface area contributed by atoms with Gasteiger partial charge >= 0.3 is 0 Å². The Morgan fingerprint density at radius 1 is 1.50 bits per heavy atom. The molecule has 0 spiro atoms. The van der Waals surface area contributed by atoms with Crippen LogP contribution in [0.25, 0.3) is 0 Å². The number of nitrogens with one attached hydrogen (secondary N) is 1. The zero-order valence-corrected chi connectivity index (χ0v) is 10.7. The Bertz CT molecular complexity index is 453. The molecule has 0 heterocycles. The van der Waals surface area contributed by atoms with Gasteiger partial charge in [-0.05, 0) is 55.4 Å². The fraction of sp³-hybridized carbons (Fsp3) is 0.500. The summed E-state index contributed by atoms with van der Waals surface area (Å²) in [5, 5.41) is 11.9. The molecule has 18 heavy (non-hydrogen) atoms. The maximum Gasteiger partial charge on any atom is 0.251 e. The van der Waals surface area contributed by atoms with Crippen molar-refractivity contribution in [1.82, 2.24) is 5.32 Å². The summed E-state index contributed by atoms with van der Waals surface area (Å²) in [6.45, 7) is 2.72. The van der Waals surface area contributed by atoms with Gasteiger partial charge in [0.15, 0.2) is 0 Å². The zero-order chi connectivity index (χ0) is 13.2. The van der Waals surface area contributed by atoms with E-state index in [0.29, 0.717) is 17.8 Å². The molecule has 1 aromatic rings. The van der Waals surface area contributed by atoms with Crippen LogP contribution < -0.4 is 11.1 Å². The number of amides is 1. The number of hydrogen-bond acceptors (Lipinski definition) is 3. The van der Waals surface area contributed by atoms with E-state index in [1.54, 1.807) is 18.2 Å². The standard InChI is InChI=1S/C14H20N2O2/c1-10-8-11(15)2-3-12(10)13(18)16-9-14(4-5-14)6-7-17/h2-3,8,17H,4-7,9,15H2,1H3,(H,16,18). The minimum absolute atomic E-state index is 0.0586. The summed E-state index contributed by atoms with van der Waals surface area (Å²) in [6.07, 6.45) is 2.96. The van der Waals surface area contributed by atoms with Gasteiger partial charge in [0.25, 0.3) is 5.91 Å². The Hall–Kier alpha value is -1.55. The van der Waals surface area contributed by atoms with E-state index in [1.807, 2.05) is 6.92 Å². The van der Waals surface area contributed by atoms with Crippen LogP contribution in [0.4, 0.5) is 5.69 Å². The molecule has 0 aromatic heterocycles. The third kappa shape index (κ3) is 2.82. The molecule has 1 saturated carbocycles. The van der Waals surface area contributed by atoms with Crippen LogP contribution in [0, 0.1) is 12.3 Å². The molecule has 1 aliphatic rings. The molecule has 4 N–H and O–H groups in total. The number of aryl methyl sites for hydroxylation is 1. The summed E-state index contributed by atoms with van der Waals surface area (Å²) < 4.78 is 0. The van der Waals surface area contributed by atoms with E-state index < -0.39 is 0 Å². The Morgan fingerprint density at radius 2 is 2.22 bits per heavy atom. The molecule has 4 nitrogen and oxygen atoms in total. The van der Waals surface area contributed by atoms with Gasteiger partial charge in [0.2, 0.25) is 0 Å². The minimum atomic E-state index is -0.0586. The molecule has 0 atom stereocenters. The molecule has 1 aliphatic carbocycles. The first-order valence-electron chi connectivity index (χ1n) is 6.31. The van der Waals surface area contributed by atoms with Crippen molar-refractivity contribution >= 4 is 11.6 Å². The zero-order valence-electron chi connectivity index (χ0n) is 10.7. The molecule has 1 aromatic carbocycles. The predicted octanol–water partition coefficient (Wildman–Crippen LogP) is 1.47. The van der Waals surface area contributed by atoms with Gasteiger partial charge in [0, 0.05) is 24.4 Å². The second-order valence-corrected chi connectivity index (χ2v) is 5.23. The summed E-state index contributed by atoms with van der Waals surface area (Å²) in [4.78, 5) is 12.0. The summed E-state index contributed by atoms with van der Waals surface area (Å²) in [6, 6.07) is 5.30. The number of aliphatic hydroxyl groups is 1.